The molecule has 2 N–H and O–H groups in total. The third-order valence-corrected chi connectivity index (χ3v) is 3.17. The lowest BCUT2D eigenvalue weighted by molar-refractivity contribution is 0.0747. The monoisotopic (exact) mass is 288 g/mol. The molecule has 0 heterocycles. The number of likely N-dealkylation sites (N-methyl/N-ethyl adjacent to an activating group) is 1. The number of benzene rings is 1. The molecule has 88 valence electrons. The van der Waals surface area contributed by atoms with Crippen molar-refractivity contribution in [1.29, 1.82) is 0 Å². The quantitative estimate of drug-likeness (QED) is 0.925. The number of halogens is 2. The van der Waals surface area contributed by atoms with Crippen molar-refractivity contribution in [2.75, 3.05) is 13.6 Å². The fourth-order valence-electron chi connectivity index (χ4n) is 1.21. The Balaban J connectivity index is 3.00. The predicted molar refractivity (Wildman–Crippen MR) is 64.7 cm³/mol. The van der Waals surface area contributed by atoms with Crippen LogP contribution in [0.15, 0.2) is 22.7 Å². The molecule has 1 rings (SSSR count). The molecule has 1 atom stereocenters. The van der Waals surface area contributed by atoms with Gasteiger partial charge in [0.1, 0.15) is 5.82 Å². The van der Waals surface area contributed by atoms with Crippen molar-refractivity contribution in [3.8, 4) is 0 Å². The molecule has 1 aromatic rings. The van der Waals surface area contributed by atoms with E-state index < -0.39 is 5.82 Å². The SMILES string of the molecule is CC(CN)N(C)C(=O)c1cc(F)ccc1Br. The number of carbonyl (C=O) groups is 1. The molecule has 0 aliphatic rings. The smallest absolute Gasteiger partial charge is 0.255 e. The molecule has 1 unspecified atom stereocenters. The van der Waals surface area contributed by atoms with Gasteiger partial charge >= 0.3 is 0 Å². The van der Waals surface area contributed by atoms with Gasteiger partial charge in [-0.25, -0.2) is 4.39 Å². The van der Waals surface area contributed by atoms with E-state index >= 15 is 0 Å². The summed E-state index contributed by atoms with van der Waals surface area (Å²) in [6.07, 6.45) is 0. The van der Waals surface area contributed by atoms with Crippen LogP contribution in [-0.2, 0) is 0 Å². The van der Waals surface area contributed by atoms with Gasteiger partial charge in [0, 0.05) is 24.1 Å². The maximum absolute atomic E-state index is 13.0. The van der Waals surface area contributed by atoms with Crippen molar-refractivity contribution in [2.45, 2.75) is 13.0 Å². The van der Waals surface area contributed by atoms with Gasteiger partial charge in [-0.05, 0) is 41.1 Å². The van der Waals surface area contributed by atoms with Crippen LogP contribution in [0.25, 0.3) is 0 Å². The van der Waals surface area contributed by atoms with Crippen molar-refractivity contribution in [1.82, 2.24) is 4.90 Å². The van der Waals surface area contributed by atoms with E-state index in [9.17, 15) is 9.18 Å². The first kappa shape index (κ1) is 13.1. The highest BCUT2D eigenvalue weighted by Crippen LogP contribution is 2.19. The van der Waals surface area contributed by atoms with Crippen molar-refractivity contribution < 1.29 is 9.18 Å². The van der Waals surface area contributed by atoms with E-state index in [2.05, 4.69) is 15.9 Å². The lowest BCUT2D eigenvalue weighted by Crippen LogP contribution is -2.39. The van der Waals surface area contributed by atoms with Crippen LogP contribution in [0.2, 0.25) is 0 Å². The summed E-state index contributed by atoms with van der Waals surface area (Å²) >= 11 is 3.22. The topological polar surface area (TPSA) is 46.3 Å². The zero-order chi connectivity index (χ0) is 12.3. The van der Waals surface area contributed by atoms with E-state index in [-0.39, 0.29) is 11.9 Å². The van der Waals surface area contributed by atoms with E-state index in [1.807, 2.05) is 6.92 Å². The first-order chi connectivity index (χ1) is 7.47. The second-order valence-corrected chi connectivity index (χ2v) is 4.48. The number of rotatable bonds is 3. The normalized spacial score (nSPS) is 12.3. The zero-order valence-electron chi connectivity index (χ0n) is 9.21. The molecule has 1 amide bonds. The van der Waals surface area contributed by atoms with Gasteiger partial charge in [0.2, 0.25) is 0 Å². The van der Waals surface area contributed by atoms with Gasteiger partial charge in [0.05, 0.1) is 5.56 Å². The number of hydrogen-bond acceptors (Lipinski definition) is 2. The van der Waals surface area contributed by atoms with Crippen LogP contribution < -0.4 is 5.73 Å². The summed E-state index contributed by atoms with van der Waals surface area (Å²) in [5.41, 5.74) is 5.79. The summed E-state index contributed by atoms with van der Waals surface area (Å²) in [4.78, 5) is 13.5. The van der Waals surface area contributed by atoms with Gasteiger partial charge in [-0.15, -0.1) is 0 Å². The number of nitrogens with two attached hydrogens (primary N) is 1. The Kier molecular flexibility index (Phi) is 4.44. The second-order valence-electron chi connectivity index (χ2n) is 3.62. The van der Waals surface area contributed by atoms with Crippen molar-refractivity contribution in [3.63, 3.8) is 0 Å². The predicted octanol–water partition coefficient (Wildman–Crippen LogP) is 2.01. The highest BCUT2D eigenvalue weighted by atomic mass is 79.9. The van der Waals surface area contributed by atoms with Crippen LogP contribution in [0.4, 0.5) is 4.39 Å². The molecule has 16 heavy (non-hydrogen) atoms. The van der Waals surface area contributed by atoms with Gasteiger partial charge in [0.15, 0.2) is 0 Å². The summed E-state index contributed by atoms with van der Waals surface area (Å²) in [7, 11) is 1.65. The third kappa shape index (κ3) is 2.80. The molecule has 0 bridgehead atoms. The molecule has 0 aliphatic carbocycles. The first-order valence-corrected chi connectivity index (χ1v) is 5.69. The molecule has 5 heteroatoms. The zero-order valence-corrected chi connectivity index (χ0v) is 10.8. The Morgan fingerprint density at radius 2 is 2.25 bits per heavy atom. The van der Waals surface area contributed by atoms with Crippen LogP contribution in [0, 0.1) is 5.82 Å². The maximum atomic E-state index is 13.0. The van der Waals surface area contributed by atoms with E-state index in [0.717, 1.165) is 0 Å². The van der Waals surface area contributed by atoms with Gasteiger partial charge in [-0.2, -0.15) is 0 Å². The summed E-state index contributed by atoms with van der Waals surface area (Å²) < 4.78 is 13.6. The summed E-state index contributed by atoms with van der Waals surface area (Å²) in [5.74, 6) is -0.676. The number of nitrogens with zero attached hydrogens (tertiary/aromatic N) is 1. The summed E-state index contributed by atoms with van der Waals surface area (Å²) in [6, 6.07) is 3.95. The van der Waals surface area contributed by atoms with E-state index in [4.69, 9.17) is 5.73 Å². The summed E-state index contributed by atoms with van der Waals surface area (Å²) in [6.45, 7) is 2.21. The highest BCUT2D eigenvalue weighted by Gasteiger charge is 2.19. The molecule has 0 fully saturated rings. The standard InChI is InChI=1S/C11H14BrFN2O/c1-7(6-14)15(2)11(16)9-5-8(13)3-4-10(9)12/h3-5,7H,6,14H2,1-2H3. The number of carbonyl (C=O) groups excluding carboxylic acids is 1. The molecular weight excluding hydrogens is 275 g/mol. The molecule has 0 radical (unpaired) electrons. The van der Waals surface area contributed by atoms with Crippen LogP contribution in [0.1, 0.15) is 17.3 Å². The molecule has 3 nitrogen and oxygen atoms in total. The van der Waals surface area contributed by atoms with Gasteiger partial charge in [-0.3, -0.25) is 4.79 Å². The minimum atomic E-state index is -0.430. The maximum Gasteiger partial charge on any atom is 0.255 e. The molecule has 0 spiro atoms. The second kappa shape index (κ2) is 5.41. The fourth-order valence-corrected chi connectivity index (χ4v) is 1.63. The molecule has 0 saturated carbocycles. The highest BCUT2D eigenvalue weighted by molar-refractivity contribution is 9.10. The minimum Gasteiger partial charge on any atom is -0.338 e. The fraction of sp³-hybridized carbons (Fsp3) is 0.364. The number of hydrogen-bond donors (Lipinski definition) is 1. The molecular formula is C11H14BrFN2O. The Bertz CT molecular complexity index is 398. The van der Waals surface area contributed by atoms with Crippen molar-refractivity contribution in [2.24, 2.45) is 5.73 Å². The van der Waals surface area contributed by atoms with Crippen LogP contribution >= 0.6 is 15.9 Å². The minimum absolute atomic E-state index is 0.0809. The van der Waals surface area contributed by atoms with E-state index in [1.54, 1.807) is 7.05 Å². The number of amides is 1. The van der Waals surface area contributed by atoms with Gasteiger partial charge in [0.25, 0.3) is 5.91 Å². The van der Waals surface area contributed by atoms with E-state index in [0.29, 0.717) is 16.6 Å². The first-order valence-electron chi connectivity index (χ1n) is 4.89. The van der Waals surface area contributed by atoms with Crippen molar-refractivity contribution in [3.05, 3.63) is 34.1 Å². The Labute approximate surface area is 103 Å². The van der Waals surface area contributed by atoms with E-state index in [1.165, 1.54) is 23.1 Å². The third-order valence-electron chi connectivity index (χ3n) is 2.48. The lowest BCUT2D eigenvalue weighted by Gasteiger charge is -2.24. The summed E-state index contributed by atoms with van der Waals surface area (Å²) in [5, 5.41) is 0. The van der Waals surface area contributed by atoms with Crippen molar-refractivity contribution >= 4 is 21.8 Å². The molecule has 0 aliphatic heterocycles. The molecule has 0 saturated heterocycles. The van der Waals surface area contributed by atoms with Gasteiger partial charge < -0.3 is 10.6 Å². The Morgan fingerprint density at radius 3 is 2.81 bits per heavy atom. The largest absolute Gasteiger partial charge is 0.338 e. The Hall–Kier alpha value is -0.940. The van der Waals surface area contributed by atoms with Crippen LogP contribution in [-0.4, -0.2) is 30.4 Å². The van der Waals surface area contributed by atoms with Crippen LogP contribution in [0.3, 0.4) is 0 Å². The average molecular weight is 289 g/mol. The lowest BCUT2D eigenvalue weighted by atomic mass is 10.1. The average Bonchev–Trinajstić information content (AvgIpc) is 2.29. The van der Waals surface area contributed by atoms with Gasteiger partial charge in [-0.1, -0.05) is 0 Å². The van der Waals surface area contributed by atoms with Crippen LogP contribution in [0.5, 0.6) is 0 Å². The Morgan fingerprint density at radius 1 is 1.62 bits per heavy atom. The molecule has 1 aromatic carbocycles. The molecule has 0 aromatic heterocycles.